The Balaban J connectivity index is 1.71. The van der Waals surface area contributed by atoms with Gasteiger partial charge in [-0.3, -0.25) is 10.9 Å². The Morgan fingerprint density at radius 3 is 2.65 bits per heavy atom. The molecular formula is C16H32N4. The molecular weight excluding hydrogens is 248 g/mol. The molecule has 1 saturated carbocycles. The highest BCUT2D eigenvalue weighted by molar-refractivity contribution is 4.96. The summed E-state index contributed by atoms with van der Waals surface area (Å²) in [6, 6.07) is 1.62. The first-order chi connectivity index (χ1) is 9.74. The van der Waals surface area contributed by atoms with Crippen LogP contribution >= 0.6 is 0 Å². The topological polar surface area (TPSA) is 62.1 Å². The molecule has 2 aliphatic heterocycles. The molecule has 6 atom stereocenters. The zero-order valence-corrected chi connectivity index (χ0v) is 12.9. The molecule has 3 rings (SSSR count). The van der Waals surface area contributed by atoms with E-state index >= 15 is 0 Å². The van der Waals surface area contributed by atoms with Crippen molar-refractivity contribution in [2.45, 2.75) is 70.0 Å². The van der Waals surface area contributed by atoms with Gasteiger partial charge in [0.2, 0.25) is 0 Å². The zero-order chi connectivity index (χ0) is 13.9. The Morgan fingerprint density at radius 2 is 1.75 bits per heavy atom. The zero-order valence-electron chi connectivity index (χ0n) is 12.9. The molecule has 0 aromatic rings. The largest absolute Gasteiger partial charge is 0.327 e. The van der Waals surface area contributed by atoms with Crippen LogP contribution in [0.1, 0.15) is 51.9 Å². The van der Waals surface area contributed by atoms with E-state index in [4.69, 9.17) is 5.73 Å². The minimum Gasteiger partial charge on any atom is -0.327 e. The van der Waals surface area contributed by atoms with Gasteiger partial charge in [0, 0.05) is 24.7 Å². The van der Waals surface area contributed by atoms with Crippen LogP contribution < -0.4 is 21.9 Å². The summed E-state index contributed by atoms with van der Waals surface area (Å²) in [5.74, 6) is 2.32. The predicted molar refractivity (Wildman–Crippen MR) is 83.2 cm³/mol. The second kappa shape index (κ2) is 6.73. The van der Waals surface area contributed by atoms with E-state index in [1.807, 2.05) is 0 Å². The molecule has 0 aromatic carbocycles. The van der Waals surface area contributed by atoms with Gasteiger partial charge >= 0.3 is 0 Å². The molecule has 0 spiro atoms. The maximum Gasteiger partial charge on any atom is 0.0407 e. The van der Waals surface area contributed by atoms with Crippen molar-refractivity contribution in [3.8, 4) is 0 Å². The van der Waals surface area contributed by atoms with Crippen LogP contribution in [0.3, 0.4) is 0 Å². The van der Waals surface area contributed by atoms with Crippen molar-refractivity contribution in [3.05, 3.63) is 0 Å². The number of rotatable bonds is 0. The van der Waals surface area contributed by atoms with Gasteiger partial charge in [-0.05, 0) is 56.4 Å². The second-order valence-electron chi connectivity index (χ2n) is 7.45. The number of nitrogens with one attached hydrogen (secondary N) is 3. The summed E-state index contributed by atoms with van der Waals surface area (Å²) in [4.78, 5) is 0. The van der Waals surface area contributed by atoms with Gasteiger partial charge in [-0.1, -0.05) is 19.8 Å². The number of fused-ring (bicyclic) bond motifs is 4. The fraction of sp³-hybridized carbons (Fsp3) is 1.00. The molecule has 4 unspecified atom stereocenters. The molecule has 3 aliphatic rings. The fourth-order valence-electron chi connectivity index (χ4n) is 4.53. The average Bonchev–Trinajstić information content (AvgIpc) is 2.92. The van der Waals surface area contributed by atoms with Gasteiger partial charge in [0.25, 0.3) is 0 Å². The van der Waals surface area contributed by atoms with Crippen molar-refractivity contribution in [3.63, 3.8) is 0 Å². The summed E-state index contributed by atoms with van der Waals surface area (Å²) in [5.41, 5.74) is 13.4. The molecule has 20 heavy (non-hydrogen) atoms. The summed E-state index contributed by atoms with van der Waals surface area (Å²) < 4.78 is 0. The lowest BCUT2D eigenvalue weighted by Crippen LogP contribution is -2.50. The van der Waals surface area contributed by atoms with Gasteiger partial charge in [0.15, 0.2) is 0 Å². The van der Waals surface area contributed by atoms with Crippen LogP contribution in [0.2, 0.25) is 0 Å². The lowest BCUT2D eigenvalue weighted by Gasteiger charge is -2.38. The molecule has 4 heteroatoms. The van der Waals surface area contributed by atoms with E-state index in [1.165, 1.54) is 44.9 Å². The van der Waals surface area contributed by atoms with E-state index in [2.05, 4.69) is 23.1 Å². The Morgan fingerprint density at radius 1 is 0.950 bits per heavy atom. The van der Waals surface area contributed by atoms with E-state index in [9.17, 15) is 0 Å². The normalized spacial score (nSPS) is 47.1. The van der Waals surface area contributed by atoms with E-state index in [1.54, 1.807) is 0 Å². The van der Waals surface area contributed by atoms with Crippen molar-refractivity contribution in [2.75, 3.05) is 13.1 Å². The molecule has 4 nitrogen and oxygen atoms in total. The molecule has 0 radical (unpaired) electrons. The molecule has 0 aromatic heterocycles. The Labute approximate surface area is 123 Å². The Hall–Kier alpha value is -0.160. The van der Waals surface area contributed by atoms with Crippen molar-refractivity contribution in [1.82, 2.24) is 16.2 Å². The lowest BCUT2D eigenvalue weighted by atomic mass is 9.73. The molecule has 116 valence electrons. The maximum atomic E-state index is 6.50. The molecule has 2 heterocycles. The van der Waals surface area contributed by atoms with Gasteiger partial charge in [-0.25, -0.2) is 0 Å². The summed E-state index contributed by atoms with van der Waals surface area (Å²) in [5, 5.41) is 3.81. The Kier molecular flexibility index (Phi) is 4.97. The van der Waals surface area contributed by atoms with Crippen molar-refractivity contribution < 1.29 is 0 Å². The number of hydrogen-bond acceptors (Lipinski definition) is 4. The maximum absolute atomic E-state index is 6.50. The van der Waals surface area contributed by atoms with Crippen molar-refractivity contribution in [1.29, 1.82) is 0 Å². The van der Waals surface area contributed by atoms with Gasteiger partial charge in [0.05, 0.1) is 0 Å². The molecule has 2 bridgehead atoms. The third-order valence-corrected chi connectivity index (χ3v) is 5.86. The third-order valence-electron chi connectivity index (χ3n) is 5.86. The first-order valence-corrected chi connectivity index (χ1v) is 8.71. The first-order valence-electron chi connectivity index (χ1n) is 8.71. The number of hydrazine groups is 1. The minimum atomic E-state index is 0.435. The second-order valence-corrected chi connectivity index (χ2v) is 7.45. The highest BCUT2D eigenvalue weighted by Crippen LogP contribution is 2.35. The van der Waals surface area contributed by atoms with Crippen molar-refractivity contribution >= 4 is 0 Å². The van der Waals surface area contributed by atoms with E-state index in [0.29, 0.717) is 18.1 Å². The minimum absolute atomic E-state index is 0.435. The van der Waals surface area contributed by atoms with Crippen LogP contribution in [-0.2, 0) is 0 Å². The lowest BCUT2D eigenvalue weighted by molar-refractivity contribution is 0.174. The Bertz CT molecular complexity index is 309. The van der Waals surface area contributed by atoms with Crippen molar-refractivity contribution in [2.24, 2.45) is 23.5 Å². The van der Waals surface area contributed by atoms with Crippen LogP contribution in [-0.4, -0.2) is 31.2 Å². The van der Waals surface area contributed by atoms with E-state index in [-0.39, 0.29) is 0 Å². The first kappa shape index (κ1) is 14.8. The monoisotopic (exact) mass is 280 g/mol. The fourth-order valence-corrected chi connectivity index (χ4v) is 4.53. The van der Waals surface area contributed by atoms with Crippen LogP contribution in [0.15, 0.2) is 0 Å². The highest BCUT2D eigenvalue weighted by Gasteiger charge is 2.37. The average molecular weight is 280 g/mol. The van der Waals surface area contributed by atoms with Gasteiger partial charge in [-0.2, -0.15) is 0 Å². The van der Waals surface area contributed by atoms with Crippen LogP contribution in [0.5, 0.6) is 0 Å². The highest BCUT2D eigenvalue weighted by atomic mass is 15.4. The van der Waals surface area contributed by atoms with Crippen LogP contribution in [0, 0.1) is 17.8 Å². The summed E-state index contributed by atoms with van der Waals surface area (Å²) >= 11 is 0. The quantitative estimate of drug-likeness (QED) is 0.541. The van der Waals surface area contributed by atoms with Gasteiger partial charge in [0.1, 0.15) is 0 Å². The SMILES string of the molecule is C[C@@H]1CCC[C@H](N)C2CCCC(C2)C2NNCC2NC1. The smallest absolute Gasteiger partial charge is 0.0407 e. The molecule has 5 N–H and O–H groups in total. The third kappa shape index (κ3) is 3.35. The van der Waals surface area contributed by atoms with E-state index in [0.717, 1.165) is 30.8 Å². The van der Waals surface area contributed by atoms with Gasteiger partial charge < -0.3 is 11.1 Å². The molecule has 2 saturated heterocycles. The standard InChI is InChI=1S/C16H32N4/c1-11-4-2-7-14(17)12-5-3-6-13(8-12)16-15(18-9-11)10-19-20-16/h11-16,18-20H,2-10,17H2,1H3/t11-,12?,13?,14+,15?,16?/m1/s1. The van der Waals surface area contributed by atoms with Crippen LogP contribution in [0.25, 0.3) is 0 Å². The summed E-state index contributed by atoms with van der Waals surface area (Å²) in [6.45, 7) is 4.58. The summed E-state index contributed by atoms with van der Waals surface area (Å²) in [6.07, 6.45) is 9.26. The number of hydrogen-bond donors (Lipinski definition) is 4. The predicted octanol–water partition coefficient (Wildman–Crippen LogP) is 1.37. The van der Waals surface area contributed by atoms with Crippen LogP contribution in [0.4, 0.5) is 0 Å². The summed E-state index contributed by atoms with van der Waals surface area (Å²) in [7, 11) is 0. The molecule has 0 amide bonds. The van der Waals surface area contributed by atoms with E-state index < -0.39 is 0 Å². The molecule has 3 fully saturated rings. The van der Waals surface area contributed by atoms with Gasteiger partial charge in [-0.15, -0.1) is 0 Å². The number of nitrogens with two attached hydrogens (primary N) is 1. The molecule has 1 aliphatic carbocycles.